The Balaban J connectivity index is 2.35. The summed E-state index contributed by atoms with van der Waals surface area (Å²) in [6.45, 7) is 1.70. The van der Waals surface area contributed by atoms with Crippen LogP contribution in [-0.2, 0) is 17.1 Å². The summed E-state index contributed by atoms with van der Waals surface area (Å²) in [4.78, 5) is 0.118. The van der Waals surface area contributed by atoms with E-state index in [1.54, 1.807) is 20.2 Å². The van der Waals surface area contributed by atoms with Gasteiger partial charge in [0.1, 0.15) is 0 Å². The fourth-order valence-electron chi connectivity index (χ4n) is 1.62. The summed E-state index contributed by atoms with van der Waals surface area (Å²) in [7, 11) is -1.96. The molecule has 0 fully saturated rings. The third kappa shape index (κ3) is 2.74. The molecule has 0 spiro atoms. The molecule has 0 saturated carbocycles. The molecular formula is C12H12N4O2S. The largest absolute Gasteiger partial charge is 0.276 e. The van der Waals surface area contributed by atoms with E-state index in [9.17, 15) is 8.42 Å². The lowest BCUT2D eigenvalue weighted by atomic mass is 10.1. The van der Waals surface area contributed by atoms with Crippen molar-refractivity contribution in [3.05, 3.63) is 41.7 Å². The SMILES string of the molecule is Cc1cc(S(=O)(=O)Nc2cnn(C)c2)ccc1C#N. The predicted octanol–water partition coefficient (Wildman–Crippen LogP) is 1.40. The number of nitrogens with zero attached hydrogens (tertiary/aromatic N) is 3. The van der Waals surface area contributed by atoms with E-state index in [1.807, 2.05) is 6.07 Å². The van der Waals surface area contributed by atoms with Crippen LogP contribution in [-0.4, -0.2) is 18.2 Å². The maximum atomic E-state index is 12.1. The molecule has 0 aliphatic rings. The second kappa shape index (κ2) is 4.74. The monoisotopic (exact) mass is 276 g/mol. The second-order valence-electron chi connectivity index (χ2n) is 4.10. The molecule has 0 aliphatic carbocycles. The first-order valence-electron chi connectivity index (χ1n) is 5.44. The number of nitriles is 1. The molecule has 0 unspecified atom stereocenters. The smallest absolute Gasteiger partial charge is 0.262 e. The number of rotatable bonds is 3. The molecule has 7 heteroatoms. The standard InChI is InChI=1S/C12H12N4O2S/c1-9-5-12(4-3-10(9)6-13)19(17,18)15-11-7-14-16(2)8-11/h3-5,7-8,15H,1-2H3. The highest BCUT2D eigenvalue weighted by molar-refractivity contribution is 7.92. The van der Waals surface area contributed by atoms with Crippen LogP contribution in [0.25, 0.3) is 0 Å². The van der Waals surface area contributed by atoms with Gasteiger partial charge in [0.25, 0.3) is 10.0 Å². The van der Waals surface area contributed by atoms with Gasteiger partial charge < -0.3 is 0 Å². The zero-order chi connectivity index (χ0) is 14.0. The molecule has 1 aromatic heterocycles. The summed E-state index contributed by atoms with van der Waals surface area (Å²) >= 11 is 0. The van der Waals surface area contributed by atoms with Gasteiger partial charge in [-0.15, -0.1) is 0 Å². The molecule has 0 radical (unpaired) electrons. The zero-order valence-corrected chi connectivity index (χ0v) is 11.3. The highest BCUT2D eigenvalue weighted by atomic mass is 32.2. The molecule has 2 rings (SSSR count). The van der Waals surface area contributed by atoms with Crippen molar-refractivity contribution in [1.29, 1.82) is 5.26 Å². The van der Waals surface area contributed by atoms with Crippen molar-refractivity contribution in [1.82, 2.24) is 9.78 Å². The van der Waals surface area contributed by atoms with Crippen molar-refractivity contribution < 1.29 is 8.42 Å². The minimum Gasteiger partial charge on any atom is -0.276 e. The molecule has 0 bridgehead atoms. The number of hydrogen-bond donors (Lipinski definition) is 1. The van der Waals surface area contributed by atoms with Crippen molar-refractivity contribution in [3.8, 4) is 6.07 Å². The van der Waals surface area contributed by atoms with E-state index >= 15 is 0 Å². The first kappa shape index (κ1) is 13.1. The fraction of sp³-hybridized carbons (Fsp3) is 0.167. The molecule has 98 valence electrons. The van der Waals surface area contributed by atoms with Gasteiger partial charge in [-0.25, -0.2) is 8.42 Å². The van der Waals surface area contributed by atoms with Crippen molar-refractivity contribution >= 4 is 15.7 Å². The van der Waals surface area contributed by atoms with Crippen LogP contribution in [0.5, 0.6) is 0 Å². The predicted molar refractivity (Wildman–Crippen MR) is 69.9 cm³/mol. The third-order valence-corrected chi connectivity index (χ3v) is 3.96. The van der Waals surface area contributed by atoms with Gasteiger partial charge in [0.2, 0.25) is 0 Å². The topological polar surface area (TPSA) is 87.8 Å². The van der Waals surface area contributed by atoms with Gasteiger partial charge in [0.15, 0.2) is 0 Å². The van der Waals surface area contributed by atoms with Crippen LogP contribution in [0, 0.1) is 18.3 Å². The molecule has 1 heterocycles. The van der Waals surface area contributed by atoms with Crippen LogP contribution in [0.2, 0.25) is 0 Å². The van der Waals surface area contributed by atoms with Gasteiger partial charge in [-0.3, -0.25) is 9.40 Å². The Labute approximate surface area is 111 Å². The number of anilines is 1. The Morgan fingerprint density at radius 3 is 2.68 bits per heavy atom. The first-order valence-corrected chi connectivity index (χ1v) is 6.93. The second-order valence-corrected chi connectivity index (χ2v) is 5.78. The number of aromatic nitrogens is 2. The van der Waals surface area contributed by atoms with Gasteiger partial charge in [-0.1, -0.05) is 0 Å². The lowest BCUT2D eigenvalue weighted by Gasteiger charge is -2.07. The normalized spacial score (nSPS) is 11.0. The number of hydrogen-bond acceptors (Lipinski definition) is 4. The van der Waals surface area contributed by atoms with E-state index < -0.39 is 10.0 Å². The lowest BCUT2D eigenvalue weighted by molar-refractivity contribution is 0.601. The molecule has 6 nitrogen and oxygen atoms in total. The first-order chi connectivity index (χ1) is 8.92. The van der Waals surface area contributed by atoms with Crippen molar-refractivity contribution in [2.24, 2.45) is 7.05 Å². The van der Waals surface area contributed by atoms with E-state index in [-0.39, 0.29) is 4.90 Å². The van der Waals surface area contributed by atoms with E-state index in [1.165, 1.54) is 29.1 Å². The van der Waals surface area contributed by atoms with Crippen LogP contribution in [0.15, 0.2) is 35.5 Å². The summed E-state index contributed by atoms with van der Waals surface area (Å²) in [6.07, 6.45) is 2.99. The van der Waals surface area contributed by atoms with Gasteiger partial charge in [-0.2, -0.15) is 10.4 Å². The number of sulfonamides is 1. The summed E-state index contributed by atoms with van der Waals surface area (Å²) in [5, 5.41) is 12.7. The Bertz CT molecular complexity index is 756. The highest BCUT2D eigenvalue weighted by Crippen LogP contribution is 2.18. The third-order valence-electron chi connectivity index (χ3n) is 2.59. The molecule has 1 N–H and O–H groups in total. The summed E-state index contributed by atoms with van der Waals surface area (Å²) < 4.78 is 28.2. The van der Waals surface area contributed by atoms with Crippen molar-refractivity contribution in [3.63, 3.8) is 0 Å². The summed E-state index contributed by atoms with van der Waals surface area (Å²) in [5.74, 6) is 0. The molecule has 2 aromatic rings. The maximum absolute atomic E-state index is 12.1. The van der Waals surface area contributed by atoms with Crippen molar-refractivity contribution in [2.45, 2.75) is 11.8 Å². The lowest BCUT2D eigenvalue weighted by Crippen LogP contribution is -2.12. The fourth-order valence-corrected chi connectivity index (χ4v) is 2.73. The van der Waals surface area contributed by atoms with Crippen LogP contribution in [0.3, 0.4) is 0 Å². The van der Waals surface area contributed by atoms with Gasteiger partial charge in [0.05, 0.1) is 28.4 Å². The number of aryl methyl sites for hydroxylation is 2. The Kier molecular flexibility index (Phi) is 3.27. The van der Waals surface area contributed by atoms with Crippen LogP contribution >= 0.6 is 0 Å². The van der Waals surface area contributed by atoms with Crippen LogP contribution in [0.4, 0.5) is 5.69 Å². The minimum absolute atomic E-state index is 0.118. The Morgan fingerprint density at radius 2 is 2.16 bits per heavy atom. The van der Waals surface area contributed by atoms with Gasteiger partial charge in [0, 0.05) is 13.2 Å². The molecule has 0 atom stereocenters. The van der Waals surface area contributed by atoms with E-state index in [0.717, 1.165) is 0 Å². The highest BCUT2D eigenvalue weighted by Gasteiger charge is 2.16. The molecule has 1 aromatic carbocycles. The minimum atomic E-state index is -3.66. The number of nitrogens with one attached hydrogen (secondary N) is 1. The zero-order valence-electron chi connectivity index (χ0n) is 10.5. The maximum Gasteiger partial charge on any atom is 0.262 e. The van der Waals surface area contributed by atoms with Crippen molar-refractivity contribution in [2.75, 3.05) is 4.72 Å². The van der Waals surface area contributed by atoms with Crippen LogP contribution < -0.4 is 4.72 Å². The van der Waals surface area contributed by atoms with E-state index in [2.05, 4.69) is 9.82 Å². The Morgan fingerprint density at radius 1 is 1.42 bits per heavy atom. The average Bonchev–Trinajstić information content (AvgIpc) is 2.73. The average molecular weight is 276 g/mol. The molecule has 19 heavy (non-hydrogen) atoms. The molecule has 0 amide bonds. The summed E-state index contributed by atoms with van der Waals surface area (Å²) in [5.41, 5.74) is 1.47. The Hall–Kier alpha value is -2.33. The molecule has 0 saturated heterocycles. The van der Waals surface area contributed by atoms with E-state index in [0.29, 0.717) is 16.8 Å². The van der Waals surface area contributed by atoms with Crippen LogP contribution in [0.1, 0.15) is 11.1 Å². The summed E-state index contributed by atoms with van der Waals surface area (Å²) in [6, 6.07) is 6.37. The van der Waals surface area contributed by atoms with E-state index in [4.69, 9.17) is 5.26 Å². The number of benzene rings is 1. The van der Waals surface area contributed by atoms with Gasteiger partial charge in [-0.05, 0) is 30.7 Å². The molecular weight excluding hydrogens is 264 g/mol. The van der Waals surface area contributed by atoms with Gasteiger partial charge >= 0.3 is 0 Å². The quantitative estimate of drug-likeness (QED) is 0.917. The molecule has 0 aliphatic heterocycles.